The third-order valence-electron chi connectivity index (χ3n) is 10.7. The van der Waals surface area contributed by atoms with Gasteiger partial charge in [0.25, 0.3) is 0 Å². The fourth-order valence-corrected chi connectivity index (χ4v) is 6.96. The van der Waals surface area contributed by atoms with E-state index in [0.717, 1.165) is 57.8 Å². The molecule has 0 radical (unpaired) electrons. The number of hydrogen-bond acceptors (Lipinski definition) is 10. The first-order chi connectivity index (χ1) is 26.7. The van der Waals surface area contributed by atoms with E-state index in [0.29, 0.717) is 12.8 Å². The van der Waals surface area contributed by atoms with E-state index in [4.69, 9.17) is 9.47 Å². The zero-order valence-electron chi connectivity index (χ0n) is 34.7. The molecule has 1 fully saturated rings. The monoisotopic (exact) mass is 786 g/mol. The molecule has 0 aliphatic carbocycles. The number of carbonyl (C=O) groups is 1. The molecular formula is C44H83NO10. The summed E-state index contributed by atoms with van der Waals surface area (Å²) in [6, 6.07) is -1.18. The zero-order chi connectivity index (χ0) is 40.5. The van der Waals surface area contributed by atoms with Gasteiger partial charge in [-0.25, -0.2) is 0 Å². The minimum Gasteiger partial charge on any atom is -0.394 e. The minimum atomic E-state index is -1.67. The lowest BCUT2D eigenvalue weighted by Gasteiger charge is -2.40. The molecule has 0 aromatic heterocycles. The van der Waals surface area contributed by atoms with Crippen molar-refractivity contribution in [3.8, 4) is 0 Å². The van der Waals surface area contributed by atoms with Gasteiger partial charge in [-0.05, 0) is 64.2 Å². The van der Waals surface area contributed by atoms with Crippen LogP contribution in [-0.2, 0) is 14.3 Å². The standard InChI is InChI=1S/C44H83NO10/c1-3-5-7-9-11-13-15-17-19-21-23-25-27-29-31-36(47)39(49)35(34-54-44-42(52)41(51)40(50)38(33-46)55-44)45-43(53)37(48)32-30-28-26-24-22-20-18-16-14-12-10-8-6-4-2/h14,16,23,25,35-42,44,46-52H,3-13,15,17-22,24,26-34H2,1-2H3,(H,45,53)/b16-14-,25-23+. The summed E-state index contributed by atoms with van der Waals surface area (Å²) in [6.45, 7) is 3.39. The zero-order valence-corrected chi connectivity index (χ0v) is 34.7. The Morgan fingerprint density at radius 2 is 1.07 bits per heavy atom. The smallest absolute Gasteiger partial charge is 0.249 e. The predicted octanol–water partition coefficient (Wildman–Crippen LogP) is 6.67. The summed E-state index contributed by atoms with van der Waals surface area (Å²) in [6.07, 6.45) is 25.1. The van der Waals surface area contributed by atoms with E-state index in [9.17, 15) is 40.5 Å². The van der Waals surface area contributed by atoms with E-state index in [2.05, 4.69) is 43.5 Å². The van der Waals surface area contributed by atoms with E-state index in [1.54, 1.807) is 0 Å². The van der Waals surface area contributed by atoms with Gasteiger partial charge in [0, 0.05) is 0 Å². The van der Waals surface area contributed by atoms with Crippen molar-refractivity contribution < 1.29 is 50.0 Å². The number of nitrogens with one attached hydrogen (secondary N) is 1. The lowest BCUT2D eigenvalue weighted by molar-refractivity contribution is -0.303. The highest BCUT2D eigenvalue weighted by molar-refractivity contribution is 5.80. The molecule has 8 N–H and O–H groups in total. The average Bonchev–Trinajstić information content (AvgIpc) is 3.18. The van der Waals surface area contributed by atoms with Crippen LogP contribution in [0.25, 0.3) is 0 Å². The summed E-state index contributed by atoms with van der Waals surface area (Å²) in [7, 11) is 0. The Hall–Kier alpha value is -1.41. The third kappa shape index (κ3) is 24.9. The van der Waals surface area contributed by atoms with Crippen molar-refractivity contribution in [1.82, 2.24) is 5.32 Å². The van der Waals surface area contributed by atoms with Crippen LogP contribution in [-0.4, -0.2) is 110 Å². The quantitative estimate of drug-likeness (QED) is 0.0252. The molecular weight excluding hydrogens is 702 g/mol. The molecule has 324 valence electrons. The molecule has 1 aliphatic heterocycles. The van der Waals surface area contributed by atoms with Crippen LogP contribution in [0, 0.1) is 0 Å². The van der Waals surface area contributed by atoms with Gasteiger partial charge in [-0.3, -0.25) is 4.79 Å². The van der Waals surface area contributed by atoms with Gasteiger partial charge in [0.05, 0.1) is 25.4 Å². The normalized spacial score (nSPS) is 22.7. The summed E-state index contributed by atoms with van der Waals surface area (Å²) >= 11 is 0. The van der Waals surface area contributed by atoms with Crippen molar-refractivity contribution >= 4 is 5.91 Å². The molecule has 1 saturated heterocycles. The topological polar surface area (TPSA) is 189 Å². The third-order valence-corrected chi connectivity index (χ3v) is 10.7. The van der Waals surface area contributed by atoms with Gasteiger partial charge < -0.3 is 50.5 Å². The number of allylic oxidation sites excluding steroid dienone is 4. The van der Waals surface area contributed by atoms with Gasteiger partial charge in [-0.15, -0.1) is 0 Å². The second-order valence-electron chi connectivity index (χ2n) is 15.8. The first-order valence-electron chi connectivity index (χ1n) is 22.2. The molecule has 1 rings (SSSR count). The maximum Gasteiger partial charge on any atom is 0.249 e. The summed E-state index contributed by atoms with van der Waals surface area (Å²) in [5, 5.41) is 75.5. The Labute approximate surface area is 334 Å². The van der Waals surface area contributed by atoms with Crippen LogP contribution >= 0.6 is 0 Å². The first-order valence-corrected chi connectivity index (χ1v) is 22.2. The summed E-state index contributed by atoms with van der Waals surface area (Å²) in [5.74, 6) is -0.713. The van der Waals surface area contributed by atoms with Gasteiger partial charge in [0.2, 0.25) is 5.91 Å². The van der Waals surface area contributed by atoms with Crippen molar-refractivity contribution in [2.75, 3.05) is 13.2 Å². The highest BCUT2D eigenvalue weighted by Gasteiger charge is 2.44. The fourth-order valence-electron chi connectivity index (χ4n) is 6.96. The molecule has 1 aliphatic rings. The number of aliphatic hydroxyl groups excluding tert-OH is 7. The number of aliphatic hydroxyl groups is 7. The van der Waals surface area contributed by atoms with Crippen LogP contribution in [0.2, 0.25) is 0 Å². The second-order valence-corrected chi connectivity index (χ2v) is 15.8. The van der Waals surface area contributed by atoms with Crippen molar-refractivity contribution in [2.45, 2.75) is 236 Å². The van der Waals surface area contributed by atoms with Gasteiger partial charge in [0.1, 0.15) is 36.6 Å². The SMILES string of the molecule is CCCCCC/C=C\CCCCCCCCC(O)C(=O)NC(COC1OC(CO)C(O)C(O)C1O)C(O)C(O)CCC/C=C/CCCCCCCCCCC. The average molecular weight is 786 g/mol. The number of ether oxygens (including phenoxy) is 2. The summed E-state index contributed by atoms with van der Waals surface area (Å²) < 4.78 is 11.1. The van der Waals surface area contributed by atoms with Crippen molar-refractivity contribution in [1.29, 1.82) is 0 Å². The van der Waals surface area contributed by atoms with Crippen molar-refractivity contribution in [3.05, 3.63) is 24.3 Å². The molecule has 9 atom stereocenters. The van der Waals surface area contributed by atoms with E-state index >= 15 is 0 Å². The molecule has 0 spiro atoms. The minimum absolute atomic E-state index is 0.247. The second kappa shape index (κ2) is 34.6. The molecule has 9 unspecified atom stereocenters. The first kappa shape index (κ1) is 51.6. The number of unbranched alkanes of at least 4 members (excludes halogenated alkanes) is 20. The van der Waals surface area contributed by atoms with Crippen molar-refractivity contribution in [2.24, 2.45) is 0 Å². The van der Waals surface area contributed by atoms with Crippen LogP contribution < -0.4 is 5.32 Å². The summed E-state index contributed by atoms with van der Waals surface area (Å²) in [5.41, 5.74) is 0. The Kier molecular flexibility index (Phi) is 32.5. The molecule has 0 saturated carbocycles. The van der Waals surface area contributed by atoms with Gasteiger partial charge in [-0.1, -0.05) is 141 Å². The van der Waals surface area contributed by atoms with E-state index in [1.165, 1.54) is 83.5 Å². The predicted molar refractivity (Wildman–Crippen MR) is 219 cm³/mol. The molecule has 0 bridgehead atoms. The van der Waals surface area contributed by atoms with E-state index in [1.807, 2.05) is 0 Å². The van der Waals surface area contributed by atoms with Crippen LogP contribution in [0.15, 0.2) is 24.3 Å². The molecule has 1 heterocycles. The van der Waals surface area contributed by atoms with Crippen molar-refractivity contribution in [3.63, 3.8) is 0 Å². The molecule has 11 heteroatoms. The Morgan fingerprint density at radius 1 is 0.618 bits per heavy atom. The van der Waals surface area contributed by atoms with Gasteiger partial charge in [-0.2, -0.15) is 0 Å². The maximum absolute atomic E-state index is 13.0. The largest absolute Gasteiger partial charge is 0.394 e. The molecule has 55 heavy (non-hydrogen) atoms. The number of amides is 1. The summed E-state index contributed by atoms with van der Waals surface area (Å²) in [4.78, 5) is 13.0. The molecule has 0 aromatic rings. The van der Waals surface area contributed by atoms with Gasteiger partial charge in [0.15, 0.2) is 6.29 Å². The Morgan fingerprint density at radius 3 is 1.58 bits per heavy atom. The van der Waals surface area contributed by atoms with Crippen LogP contribution in [0.5, 0.6) is 0 Å². The number of rotatable bonds is 36. The Bertz CT molecular complexity index is 950. The molecule has 11 nitrogen and oxygen atoms in total. The highest BCUT2D eigenvalue weighted by atomic mass is 16.7. The lowest BCUT2D eigenvalue weighted by atomic mass is 9.98. The van der Waals surface area contributed by atoms with Gasteiger partial charge >= 0.3 is 0 Å². The Balaban J connectivity index is 2.52. The number of carbonyl (C=O) groups excluding carboxylic acids is 1. The molecule has 1 amide bonds. The van der Waals surface area contributed by atoms with Crippen LogP contribution in [0.3, 0.4) is 0 Å². The van der Waals surface area contributed by atoms with Crippen LogP contribution in [0.1, 0.15) is 181 Å². The van der Waals surface area contributed by atoms with E-state index in [-0.39, 0.29) is 12.8 Å². The van der Waals surface area contributed by atoms with E-state index < -0.39 is 74.2 Å². The van der Waals surface area contributed by atoms with Crippen LogP contribution in [0.4, 0.5) is 0 Å². The number of hydrogen-bond donors (Lipinski definition) is 8. The lowest BCUT2D eigenvalue weighted by Crippen LogP contribution is -2.60. The molecule has 0 aromatic carbocycles. The fraction of sp³-hybridized carbons (Fsp3) is 0.886. The highest BCUT2D eigenvalue weighted by Crippen LogP contribution is 2.23. The maximum atomic E-state index is 13.0.